The van der Waals surface area contributed by atoms with E-state index >= 15 is 0 Å². The number of nitrogens with zero attached hydrogens (tertiary/aromatic N) is 3. The summed E-state index contributed by atoms with van der Waals surface area (Å²) in [6.45, 7) is 1.89. The molecular weight excluding hydrogens is 391 g/mol. The van der Waals surface area contributed by atoms with E-state index in [1.807, 2.05) is 6.92 Å². The van der Waals surface area contributed by atoms with Crippen LogP contribution in [0.15, 0.2) is 53.6 Å². The zero-order valence-electron chi connectivity index (χ0n) is 15.2. The number of alkyl halides is 3. The van der Waals surface area contributed by atoms with Crippen LogP contribution in [0.3, 0.4) is 0 Å². The molecule has 0 saturated heterocycles. The predicted molar refractivity (Wildman–Crippen MR) is 97.1 cm³/mol. The maximum absolute atomic E-state index is 13.3. The van der Waals surface area contributed by atoms with Crippen molar-refractivity contribution in [1.29, 1.82) is 0 Å². The molecule has 1 amide bonds. The molecule has 1 aliphatic rings. The van der Waals surface area contributed by atoms with Gasteiger partial charge in [0.2, 0.25) is 0 Å². The van der Waals surface area contributed by atoms with Crippen LogP contribution in [-0.4, -0.2) is 32.8 Å². The third kappa shape index (κ3) is 3.83. The molecule has 0 unspecified atom stereocenters. The number of halogens is 3. The van der Waals surface area contributed by atoms with Crippen LogP contribution in [0.25, 0.3) is 0 Å². The quantitative estimate of drug-likeness (QED) is 0.617. The van der Waals surface area contributed by atoms with Gasteiger partial charge < -0.3 is 5.11 Å². The Bertz CT molecular complexity index is 989. The maximum Gasteiger partial charge on any atom is 0.431 e. The molecule has 0 aromatic heterocycles. The monoisotopic (exact) mass is 407 g/mol. The summed E-state index contributed by atoms with van der Waals surface area (Å²) < 4.78 is 39.8. The summed E-state index contributed by atoms with van der Waals surface area (Å²) in [4.78, 5) is 23.1. The number of carbonyl (C=O) groups is 1. The first-order valence-corrected chi connectivity index (χ1v) is 8.61. The van der Waals surface area contributed by atoms with Crippen molar-refractivity contribution in [1.82, 2.24) is 5.01 Å². The highest BCUT2D eigenvalue weighted by molar-refractivity contribution is 6.00. The number of nitro benzene ring substituents is 1. The van der Waals surface area contributed by atoms with Crippen molar-refractivity contribution in [3.05, 3.63) is 75.3 Å². The molecule has 0 fully saturated rings. The smallest absolute Gasteiger partial charge is 0.365 e. The Morgan fingerprint density at radius 1 is 1.28 bits per heavy atom. The fourth-order valence-electron chi connectivity index (χ4n) is 3.02. The predicted octanol–water partition coefficient (Wildman–Crippen LogP) is 3.77. The van der Waals surface area contributed by atoms with Gasteiger partial charge >= 0.3 is 6.18 Å². The van der Waals surface area contributed by atoms with Gasteiger partial charge in [0.25, 0.3) is 11.6 Å². The van der Waals surface area contributed by atoms with Gasteiger partial charge in [-0.2, -0.15) is 23.3 Å². The van der Waals surface area contributed by atoms with Gasteiger partial charge in [-0.3, -0.25) is 14.9 Å². The van der Waals surface area contributed by atoms with Crippen LogP contribution in [0.2, 0.25) is 0 Å². The number of rotatable bonds is 4. The number of hydrogen-bond donors (Lipinski definition) is 1. The average Bonchev–Trinajstić information content (AvgIpc) is 3.06. The Kier molecular flexibility index (Phi) is 5.14. The molecule has 1 N–H and O–H groups in total. The second kappa shape index (κ2) is 7.28. The van der Waals surface area contributed by atoms with Crippen molar-refractivity contribution in [2.45, 2.75) is 31.7 Å². The minimum absolute atomic E-state index is 0.0523. The van der Waals surface area contributed by atoms with Crippen LogP contribution in [-0.2, 0) is 12.1 Å². The molecule has 1 heterocycles. The topological polar surface area (TPSA) is 96.0 Å². The van der Waals surface area contributed by atoms with E-state index in [1.54, 1.807) is 12.1 Å². The van der Waals surface area contributed by atoms with Crippen molar-refractivity contribution in [2.24, 2.45) is 5.10 Å². The molecule has 0 bridgehead atoms. The molecule has 2 aromatic carbocycles. The normalized spacial score (nSPS) is 19.2. The number of nitro groups is 1. The van der Waals surface area contributed by atoms with Crippen LogP contribution < -0.4 is 0 Å². The lowest BCUT2D eigenvalue weighted by atomic mass is 9.95. The largest absolute Gasteiger partial charge is 0.431 e. The maximum atomic E-state index is 13.3. The highest BCUT2D eigenvalue weighted by atomic mass is 19.4. The van der Waals surface area contributed by atoms with Gasteiger partial charge in [-0.25, -0.2) is 0 Å². The molecule has 2 aromatic rings. The van der Waals surface area contributed by atoms with E-state index in [1.165, 1.54) is 24.3 Å². The van der Waals surface area contributed by atoms with Crippen LogP contribution in [0.1, 0.15) is 34.8 Å². The third-order valence-corrected chi connectivity index (χ3v) is 4.63. The van der Waals surface area contributed by atoms with Crippen molar-refractivity contribution in [3.63, 3.8) is 0 Å². The fourth-order valence-corrected chi connectivity index (χ4v) is 3.02. The first kappa shape index (κ1) is 20.5. The van der Waals surface area contributed by atoms with Gasteiger partial charge in [-0.15, -0.1) is 0 Å². The van der Waals surface area contributed by atoms with E-state index in [0.717, 1.165) is 17.7 Å². The van der Waals surface area contributed by atoms with E-state index in [2.05, 4.69) is 5.10 Å². The number of hydrazone groups is 1. The average molecular weight is 407 g/mol. The Morgan fingerprint density at radius 2 is 1.93 bits per heavy atom. The van der Waals surface area contributed by atoms with Crippen molar-refractivity contribution in [3.8, 4) is 0 Å². The van der Waals surface area contributed by atoms with E-state index in [0.29, 0.717) is 11.4 Å². The van der Waals surface area contributed by atoms with Gasteiger partial charge in [0, 0.05) is 23.3 Å². The number of aliphatic hydroxyl groups is 1. The Balaban J connectivity index is 2.07. The Morgan fingerprint density at radius 3 is 2.48 bits per heavy atom. The summed E-state index contributed by atoms with van der Waals surface area (Å²) in [5, 5.41) is 25.7. The minimum atomic E-state index is -4.85. The zero-order valence-corrected chi connectivity index (χ0v) is 15.2. The van der Waals surface area contributed by atoms with Gasteiger partial charge in [0.05, 0.1) is 11.3 Å². The van der Waals surface area contributed by atoms with E-state index in [4.69, 9.17) is 0 Å². The van der Waals surface area contributed by atoms with Gasteiger partial charge in [0.1, 0.15) is 5.71 Å². The summed E-state index contributed by atoms with van der Waals surface area (Å²) in [7, 11) is 0. The Hall–Kier alpha value is -3.27. The molecule has 10 heteroatoms. The number of hydrogen-bond acceptors (Lipinski definition) is 5. The number of benzene rings is 2. The number of aryl methyl sites for hydroxylation is 1. The van der Waals surface area contributed by atoms with E-state index in [-0.39, 0.29) is 11.1 Å². The molecule has 7 nitrogen and oxygen atoms in total. The van der Waals surface area contributed by atoms with Crippen molar-refractivity contribution < 1.29 is 28.0 Å². The van der Waals surface area contributed by atoms with Crippen LogP contribution in [0, 0.1) is 10.1 Å². The summed E-state index contributed by atoms with van der Waals surface area (Å²) in [6.07, 6.45) is -5.13. The molecule has 3 rings (SSSR count). The van der Waals surface area contributed by atoms with Crippen LogP contribution in [0.5, 0.6) is 0 Å². The lowest BCUT2D eigenvalue weighted by Gasteiger charge is -2.31. The highest BCUT2D eigenvalue weighted by Gasteiger charge is 2.53. The first-order chi connectivity index (χ1) is 13.6. The molecular formula is C19H16F3N3O4. The molecule has 1 atom stereocenters. The summed E-state index contributed by atoms with van der Waals surface area (Å²) >= 11 is 0. The summed E-state index contributed by atoms with van der Waals surface area (Å²) in [5.74, 6) is -1.09. The van der Waals surface area contributed by atoms with Crippen molar-refractivity contribution in [2.75, 3.05) is 0 Å². The second-order valence-electron chi connectivity index (χ2n) is 6.51. The number of amides is 1. The highest BCUT2D eigenvalue weighted by Crippen LogP contribution is 2.40. The van der Waals surface area contributed by atoms with Crippen LogP contribution >= 0.6 is 0 Å². The molecule has 0 aliphatic carbocycles. The van der Waals surface area contributed by atoms with Crippen LogP contribution in [0.4, 0.5) is 18.9 Å². The first-order valence-electron chi connectivity index (χ1n) is 8.61. The lowest BCUT2D eigenvalue weighted by molar-refractivity contribution is -0.384. The summed E-state index contributed by atoms with van der Waals surface area (Å²) in [6, 6.07) is 10.6. The number of carbonyl (C=O) groups excluding carboxylic acids is 1. The number of non-ortho nitro benzene ring substituents is 1. The summed E-state index contributed by atoms with van der Waals surface area (Å²) in [5.41, 5.74) is -3.43. The molecule has 0 spiro atoms. The molecule has 0 saturated carbocycles. The minimum Gasteiger partial charge on any atom is -0.365 e. The van der Waals surface area contributed by atoms with Gasteiger partial charge in [0.15, 0.2) is 5.72 Å². The lowest BCUT2D eigenvalue weighted by Crippen LogP contribution is -2.43. The van der Waals surface area contributed by atoms with Gasteiger partial charge in [-0.1, -0.05) is 37.3 Å². The molecule has 0 radical (unpaired) electrons. The third-order valence-electron chi connectivity index (χ3n) is 4.63. The second-order valence-corrected chi connectivity index (χ2v) is 6.51. The van der Waals surface area contributed by atoms with E-state index < -0.39 is 40.6 Å². The molecule has 29 heavy (non-hydrogen) atoms. The van der Waals surface area contributed by atoms with E-state index in [9.17, 15) is 33.2 Å². The Labute approximate surface area is 163 Å². The molecule has 152 valence electrons. The SMILES string of the molecule is CCc1ccc([C@@]2(O)CC(C(F)(F)F)=NN2C(=O)c2cccc([N+](=O)[O-])c2)cc1. The van der Waals surface area contributed by atoms with Crippen molar-refractivity contribution >= 4 is 17.3 Å². The standard InChI is InChI=1S/C19H16F3N3O4/c1-2-12-6-8-14(9-7-12)18(27)11-16(19(20,21)22)23-24(18)17(26)13-4-3-5-15(10-13)25(28)29/h3-10,27H,2,11H2,1H3/t18-/m0/s1. The fraction of sp³-hybridized carbons (Fsp3) is 0.263. The molecule has 1 aliphatic heterocycles. The van der Waals surface area contributed by atoms with Gasteiger partial charge in [-0.05, 0) is 18.1 Å². The zero-order chi connectivity index (χ0) is 21.4.